The van der Waals surface area contributed by atoms with Crippen LogP contribution in [-0.2, 0) is 13.2 Å². The Morgan fingerprint density at radius 2 is 2.05 bits per heavy atom. The van der Waals surface area contributed by atoms with E-state index in [2.05, 4.69) is 40.8 Å². The number of hydrogen-bond acceptors (Lipinski definition) is 3. The number of nitrogens with one attached hydrogen (secondary N) is 1. The molecule has 0 atom stereocenters. The van der Waals surface area contributed by atoms with E-state index in [9.17, 15) is 0 Å². The van der Waals surface area contributed by atoms with Gasteiger partial charge in [-0.15, -0.1) is 0 Å². The van der Waals surface area contributed by atoms with E-state index >= 15 is 0 Å². The molecule has 1 N–H and O–H groups in total. The summed E-state index contributed by atoms with van der Waals surface area (Å²) < 4.78 is 7.99. The van der Waals surface area contributed by atoms with Crippen molar-refractivity contribution in [3.05, 3.63) is 48.0 Å². The van der Waals surface area contributed by atoms with Crippen molar-refractivity contribution in [3.63, 3.8) is 0 Å². The molecular formula is C17H23N3O. The Morgan fingerprint density at radius 1 is 1.29 bits per heavy atom. The molecule has 3 rings (SSSR count). The van der Waals surface area contributed by atoms with Gasteiger partial charge < -0.3 is 14.6 Å². The van der Waals surface area contributed by atoms with Crippen LogP contribution in [0.5, 0.6) is 5.75 Å². The first-order valence-corrected chi connectivity index (χ1v) is 7.68. The molecule has 4 nitrogen and oxygen atoms in total. The second-order valence-corrected chi connectivity index (χ2v) is 5.97. The molecule has 0 bridgehead atoms. The van der Waals surface area contributed by atoms with Crippen molar-refractivity contribution in [3.8, 4) is 5.75 Å². The van der Waals surface area contributed by atoms with Gasteiger partial charge in [-0.05, 0) is 44.4 Å². The van der Waals surface area contributed by atoms with Gasteiger partial charge in [0.25, 0.3) is 0 Å². The standard InChI is InChI=1S/C17H23N3O/c1-13(2)20-12-18-10-16(20)11-21-17-7-3-14(4-8-17)9-19-15-5-6-15/h3-4,7-8,10,12-13,15,19H,5-6,9,11H2,1-2H3. The summed E-state index contributed by atoms with van der Waals surface area (Å²) in [4.78, 5) is 4.19. The summed E-state index contributed by atoms with van der Waals surface area (Å²) in [5.74, 6) is 0.904. The highest BCUT2D eigenvalue weighted by Crippen LogP contribution is 2.20. The second kappa shape index (κ2) is 6.31. The maximum absolute atomic E-state index is 5.85. The lowest BCUT2D eigenvalue weighted by atomic mass is 10.2. The Kier molecular flexibility index (Phi) is 4.25. The normalized spacial score (nSPS) is 14.6. The number of aromatic nitrogens is 2. The number of nitrogens with zero attached hydrogens (tertiary/aromatic N) is 2. The molecule has 1 aliphatic rings. The van der Waals surface area contributed by atoms with Gasteiger partial charge in [0.2, 0.25) is 0 Å². The zero-order valence-electron chi connectivity index (χ0n) is 12.7. The Hall–Kier alpha value is -1.81. The number of imidazole rings is 1. The lowest BCUT2D eigenvalue weighted by Crippen LogP contribution is -2.15. The maximum Gasteiger partial charge on any atom is 0.130 e. The monoisotopic (exact) mass is 285 g/mol. The quantitative estimate of drug-likeness (QED) is 0.848. The summed E-state index contributed by atoms with van der Waals surface area (Å²) in [5.41, 5.74) is 2.41. The van der Waals surface area contributed by atoms with E-state index in [1.54, 1.807) is 0 Å². The van der Waals surface area contributed by atoms with Crippen LogP contribution in [0.15, 0.2) is 36.8 Å². The molecule has 0 aliphatic heterocycles. The van der Waals surface area contributed by atoms with Crippen LogP contribution in [0, 0.1) is 0 Å². The summed E-state index contributed by atoms with van der Waals surface area (Å²) in [5, 5.41) is 3.51. The fourth-order valence-corrected chi connectivity index (χ4v) is 2.32. The molecule has 4 heteroatoms. The Bertz CT molecular complexity index is 570. The van der Waals surface area contributed by atoms with E-state index in [4.69, 9.17) is 4.74 Å². The third kappa shape index (κ3) is 3.85. The summed E-state index contributed by atoms with van der Waals surface area (Å²) in [6.45, 7) is 5.79. The molecule has 1 saturated carbocycles. The van der Waals surface area contributed by atoms with Crippen LogP contribution in [0.1, 0.15) is 44.0 Å². The second-order valence-electron chi connectivity index (χ2n) is 5.97. The first kappa shape index (κ1) is 14.1. The molecule has 2 aromatic rings. The van der Waals surface area contributed by atoms with Crippen molar-refractivity contribution in [1.82, 2.24) is 14.9 Å². The molecule has 1 aromatic heterocycles. The predicted molar refractivity (Wildman–Crippen MR) is 83.2 cm³/mol. The first-order valence-electron chi connectivity index (χ1n) is 7.68. The van der Waals surface area contributed by atoms with E-state index < -0.39 is 0 Å². The van der Waals surface area contributed by atoms with Crippen LogP contribution in [-0.4, -0.2) is 15.6 Å². The molecule has 21 heavy (non-hydrogen) atoms. The van der Waals surface area contributed by atoms with Gasteiger partial charge in [0.15, 0.2) is 0 Å². The SMILES string of the molecule is CC(C)n1cncc1COc1ccc(CNC2CC2)cc1. The van der Waals surface area contributed by atoms with E-state index in [0.29, 0.717) is 12.6 Å². The summed E-state index contributed by atoms with van der Waals surface area (Å²) >= 11 is 0. The molecule has 1 aliphatic carbocycles. The topological polar surface area (TPSA) is 39.1 Å². The van der Waals surface area contributed by atoms with Gasteiger partial charge in [-0.2, -0.15) is 0 Å². The largest absolute Gasteiger partial charge is 0.487 e. The Balaban J connectivity index is 1.53. The van der Waals surface area contributed by atoms with Crippen molar-refractivity contribution in [2.24, 2.45) is 0 Å². The van der Waals surface area contributed by atoms with Gasteiger partial charge in [-0.3, -0.25) is 0 Å². The minimum atomic E-state index is 0.405. The molecule has 1 fully saturated rings. The van der Waals surface area contributed by atoms with Gasteiger partial charge in [0.05, 0.1) is 18.2 Å². The fraction of sp³-hybridized carbons (Fsp3) is 0.471. The van der Waals surface area contributed by atoms with E-state index in [-0.39, 0.29) is 0 Å². The van der Waals surface area contributed by atoms with Gasteiger partial charge in [0, 0.05) is 18.6 Å². The van der Waals surface area contributed by atoms with Crippen molar-refractivity contribution >= 4 is 0 Å². The van der Waals surface area contributed by atoms with Gasteiger partial charge in [-0.25, -0.2) is 4.98 Å². The smallest absolute Gasteiger partial charge is 0.130 e. The third-order valence-corrected chi connectivity index (χ3v) is 3.78. The van der Waals surface area contributed by atoms with Crippen molar-refractivity contribution in [2.75, 3.05) is 0 Å². The lowest BCUT2D eigenvalue weighted by molar-refractivity contribution is 0.292. The Morgan fingerprint density at radius 3 is 2.71 bits per heavy atom. The van der Waals surface area contributed by atoms with E-state index in [1.807, 2.05) is 24.7 Å². The number of benzene rings is 1. The van der Waals surface area contributed by atoms with Crippen molar-refractivity contribution in [1.29, 1.82) is 0 Å². The van der Waals surface area contributed by atoms with Crippen LogP contribution < -0.4 is 10.1 Å². The maximum atomic E-state index is 5.85. The van der Waals surface area contributed by atoms with Gasteiger partial charge >= 0.3 is 0 Å². The van der Waals surface area contributed by atoms with Crippen LogP contribution in [0.3, 0.4) is 0 Å². The summed E-state index contributed by atoms with van der Waals surface area (Å²) in [6.07, 6.45) is 6.37. The summed E-state index contributed by atoms with van der Waals surface area (Å²) in [7, 11) is 0. The van der Waals surface area contributed by atoms with Crippen LogP contribution in [0.4, 0.5) is 0 Å². The average molecular weight is 285 g/mol. The molecule has 112 valence electrons. The number of ether oxygens (including phenoxy) is 1. The molecule has 0 amide bonds. The van der Waals surface area contributed by atoms with E-state index in [1.165, 1.54) is 18.4 Å². The molecule has 1 aromatic carbocycles. The zero-order chi connectivity index (χ0) is 14.7. The molecule has 0 saturated heterocycles. The predicted octanol–water partition coefficient (Wildman–Crippen LogP) is 3.30. The highest BCUT2D eigenvalue weighted by Gasteiger charge is 2.19. The van der Waals surface area contributed by atoms with Crippen LogP contribution in [0.2, 0.25) is 0 Å². The number of hydrogen-bond donors (Lipinski definition) is 1. The van der Waals surface area contributed by atoms with E-state index in [0.717, 1.165) is 24.0 Å². The van der Waals surface area contributed by atoms with Crippen LogP contribution in [0.25, 0.3) is 0 Å². The van der Waals surface area contributed by atoms with Crippen LogP contribution >= 0.6 is 0 Å². The van der Waals surface area contributed by atoms with Gasteiger partial charge in [-0.1, -0.05) is 12.1 Å². The third-order valence-electron chi connectivity index (χ3n) is 3.78. The molecule has 0 radical (unpaired) electrons. The molecule has 0 unspecified atom stereocenters. The van der Waals surface area contributed by atoms with Gasteiger partial charge in [0.1, 0.15) is 12.4 Å². The lowest BCUT2D eigenvalue weighted by Gasteiger charge is -2.12. The molecule has 1 heterocycles. The molecular weight excluding hydrogens is 262 g/mol. The van der Waals surface area contributed by atoms with Crippen molar-refractivity contribution < 1.29 is 4.74 Å². The Labute approximate surface area is 126 Å². The zero-order valence-corrected chi connectivity index (χ0v) is 12.7. The summed E-state index contributed by atoms with van der Waals surface area (Å²) in [6, 6.07) is 9.49. The molecule has 0 spiro atoms. The highest BCUT2D eigenvalue weighted by atomic mass is 16.5. The number of rotatable bonds is 7. The highest BCUT2D eigenvalue weighted by molar-refractivity contribution is 5.27. The fourth-order valence-electron chi connectivity index (χ4n) is 2.32. The first-order chi connectivity index (χ1) is 10.2. The van der Waals surface area contributed by atoms with Crippen molar-refractivity contribution in [2.45, 2.75) is 51.9 Å². The minimum absolute atomic E-state index is 0.405. The average Bonchev–Trinajstić information content (AvgIpc) is 3.19. The minimum Gasteiger partial charge on any atom is -0.487 e.